The highest BCUT2D eigenvalue weighted by Crippen LogP contribution is 2.19. The van der Waals surface area contributed by atoms with Gasteiger partial charge in [0.2, 0.25) is 5.95 Å². The number of aliphatic hydroxyl groups is 1. The Morgan fingerprint density at radius 1 is 1.23 bits per heavy atom. The molecule has 1 N–H and O–H groups in total. The summed E-state index contributed by atoms with van der Waals surface area (Å²) >= 11 is 0. The summed E-state index contributed by atoms with van der Waals surface area (Å²) in [6.45, 7) is 11.8. The van der Waals surface area contributed by atoms with E-state index < -0.39 is 5.60 Å². The van der Waals surface area contributed by atoms with Crippen LogP contribution in [0.25, 0.3) is 0 Å². The van der Waals surface area contributed by atoms with E-state index in [9.17, 15) is 9.90 Å². The highest BCUT2D eigenvalue weighted by Gasteiger charge is 2.32. The number of aryl methyl sites for hydroxylation is 1. The van der Waals surface area contributed by atoms with Gasteiger partial charge in [0, 0.05) is 37.6 Å². The van der Waals surface area contributed by atoms with Crippen LogP contribution in [0.2, 0.25) is 0 Å². The molecule has 1 aromatic heterocycles. The topological polar surface area (TPSA) is 69.6 Å². The number of aromatic nitrogens is 2. The van der Waals surface area contributed by atoms with E-state index in [1.165, 1.54) is 13.8 Å². The van der Waals surface area contributed by atoms with Crippen LogP contribution >= 0.6 is 0 Å². The number of anilines is 1. The van der Waals surface area contributed by atoms with Crippen molar-refractivity contribution in [3.63, 3.8) is 0 Å². The molecule has 122 valence electrons. The number of carbonyl (C=O) groups excluding carboxylic acids is 1. The first kappa shape index (κ1) is 16.7. The molecule has 1 aromatic rings. The Kier molecular flexibility index (Phi) is 4.70. The highest BCUT2D eigenvalue weighted by molar-refractivity contribution is 5.84. The number of amides is 1. The zero-order chi connectivity index (χ0) is 16.5. The molecule has 0 saturated carbocycles. The Hall–Kier alpha value is -1.69. The van der Waals surface area contributed by atoms with E-state index >= 15 is 0 Å². The molecular weight excluding hydrogens is 280 g/mol. The minimum Gasteiger partial charge on any atom is -0.381 e. The molecular formula is C16H26N4O2. The first-order valence-electron chi connectivity index (χ1n) is 7.81. The number of nitrogens with zero attached hydrogens (tertiary/aromatic N) is 4. The van der Waals surface area contributed by atoms with Gasteiger partial charge in [-0.1, -0.05) is 13.8 Å². The molecule has 0 unspecified atom stereocenters. The lowest BCUT2D eigenvalue weighted by Crippen LogP contribution is -2.54. The maximum atomic E-state index is 12.1. The highest BCUT2D eigenvalue weighted by atomic mass is 16.3. The third-order valence-electron chi connectivity index (χ3n) is 3.83. The molecule has 6 nitrogen and oxygen atoms in total. The van der Waals surface area contributed by atoms with Crippen molar-refractivity contribution in [2.75, 3.05) is 31.1 Å². The van der Waals surface area contributed by atoms with Crippen LogP contribution < -0.4 is 4.90 Å². The van der Waals surface area contributed by atoms with Crippen LogP contribution in [0.15, 0.2) is 6.07 Å². The first-order chi connectivity index (χ1) is 10.2. The van der Waals surface area contributed by atoms with E-state index in [0.717, 1.165) is 17.3 Å². The van der Waals surface area contributed by atoms with E-state index in [2.05, 4.69) is 28.7 Å². The number of hydrogen-bond donors (Lipinski definition) is 1. The zero-order valence-corrected chi connectivity index (χ0v) is 14.1. The van der Waals surface area contributed by atoms with Crippen molar-refractivity contribution in [1.29, 1.82) is 0 Å². The van der Waals surface area contributed by atoms with Crippen molar-refractivity contribution in [1.82, 2.24) is 14.9 Å². The molecule has 0 aromatic carbocycles. The van der Waals surface area contributed by atoms with Gasteiger partial charge in [-0.25, -0.2) is 9.97 Å². The Labute approximate surface area is 132 Å². The van der Waals surface area contributed by atoms with E-state index in [4.69, 9.17) is 0 Å². The van der Waals surface area contributed by atoms with E-state index in [0.29, 0.717) is 32.1 Å². The standard InChI is InChI=1S/C16H26N4O2/c1-11(2)13-10-12(3)17-15(18-13)20-8-6-19(7-9-20)14(21)16(4,5)22/h10-11,22H,6-9H2,1-5H3. The van der Waals surface area contributed by atoms with Crippen LogP contribution in [0.3, 0.4) is 0 Å². The smallest absolute Gasteiger partial charge is 0.254 e. The van der Waals surface area contributed by atoms with Crippen molar-refractivity contribution < 1.29 is 9.90 Å². The van der Waals surface area contributed by atoms with Gasteiger partial charge < -0.3 is 14.9 Å². The van der Waals surface area contributed by atoms with Crippen LogP contribution in [0.1, 0.15) is 45.0 Å². The van der Waals surface area contributed by atoms with Crippen LogP contribution in [0, 0.1) is 6.92 Å². The minimum absolute atomic E-state index is 0.222. The second kappa shape index (κ2) is 6.20. The summed E-state index contributed by atoms with van der Waals surface area (Å²) in [5.41, 5.74) is 0.688. The summed E-state index contributed by atoms with van der Waals surface area (Å²) in [5, 5.41) is 9.83. The van der Waals surface area contributed by atoms with Crippen LogP contribution in [0.4, 0.5) is 5.95 Å². The number of hydrogen-bond acceptors (Lipinski definition) is 5. The molecule has 2 heterocycles. The van der Waals surface area contributed by atoms with Crippen LogP contribution in [0.5, 0.6) is 0 Å². The molecule has 1 amide bonds. The van der Waals surface area contributed by atoms with Gasteiger partial charge in [0.1, 0.15) is 5.60 Å². The second-order valence-corrected chi connectivity index (χ2v) is 6.73. The third kappa shape index (κ3) is 3.74. The number of rotatable bonds is 3. The van der Waals surface area contributed by atoms with Gasteiger partial charge in [-0.15, -0.1) is 0 Å². The largest absolute Gasteiger partial charge is 0.381 e. The summed E-state index contributed by atoms with van der Waals surface area (Å²) in [5.74, 6) is 0.873. The van der Waals surface area contributed by atoms with Gasteiger partial charge in [0.05, 0.1) is 0 Å². The molecule has 2 rings (SSSR count). The molecule has 0 aliphatic carbocycles. The molecule has 0 radical (unpaired) electrons. The molecule has 6 heteroatoms. The summed E-state index contributed by atoms with van der Waals surface area (Å²) in [4.78, 5) is 25.1. The lowest BCUT2D eigenvalue weighted by atomic mass is 10.1. The van der Waals surface area contributed by atoms with Gasteiger partial charge in [-0.3, -0.25) is 4.79 Å². The summed E-state index contributed by atoms with van der Waals surface area (Å²) in [6.07, 6.45) is 0. The van der Waals surface area contributed by atoms with Crippen molar-refractivity contribution in [2.24, 2.45) is 0 Å². The lowest BCUT2D eigenvalue weighted by molar-refractivity contribution is -0.148. The summed E-state index contributed by atoms with van der Waals surface area (Å²) in [7, 11) is 0. The first-order valence-corrected chi connectivity index (χ1v) is 7.81. The maximum absolute atomic E-state index is 12.1. The van der Waals surface area contributed by atoms with Gasteiger partial charge in [-0.2, -0.15) is 0 Å². The Bertz CT molecular complexity index is 544. The predicted molar refractivity (Wildman–Crippen MR) is 85.9 cm³/mol. The summed E-state index contributed by atoms with van der Waals surface area (Å²) in [6, 6.07) is 2.02. The maximum Gasteiger partial charge on any atom is 0.254 e. The molecule has 0 atom stereocenters. The fourth-order valence-electron chi connectivity index (χ4n) is 2.51. The van der Waals surface area contributed by atoms with Gasteiger partial charge in [0.25, 0.3) is 5.91 Å². The fraction of sp³-hybridized carbons (Fsp3) is 0.688. The quantitative estimate of drug-likeness (QED) is 0.912. The average molecular weight is 306 g/mol. The van der Waals surface area contributed by atoms with Crippen molar-refractivity contribution in [2.45, 2.75) is 46.1 Å². The van der Waals surface area contributed by atoms with Gasteiger partial charge in [-0.05, 0) is 32.8 Å². The Morgan fingerprint density at radius 3 is 2.32 bits per heavy atom. The number of carbonyl (C=O) groups is 1. The third-order valence-corrected chi connectivity index (χ3v) is 3.83. The van der Waals surface area contributed by atoms with Crippen molar-refractivity contribution in [3.8, 4) is 0 Å². The zero-order valence-electron chi connectivity index (χ0n) is 14.1. The molecule has 1 fully saturated rings. The number of piperazine rings is 1. The Morgan fingerprint density at radius 2 is 1.82 bits per heavy atom. The average Bonchev–Trinajstić information content (AvgIpc) is 2.45. The van der Waals surface area contributed by atoms with Gasteiger partial charge >= 0.3 is 0 Å². The van der Waals surface area contributed by atoms with E-state index in [1.807, 2.05) is 13.0 Å². The second-order valence-electron chi connectivity index (χ2n) is 6.73. The SMILES string of the molecule is Cc1cc(C(C)C)nc(N2CCN(C(=O)C(C)(C)O)CC2)n1. The fourth-order valence-corrected chi connectivity index (χ4v) is 2.51. The van der Waals surface area contributed by atoms with Gasteiger partial charge in [0.15, 0.2) is 0 Å². The predicted octanol–water partition coefficient (Wildman–Crippen LogP) is 1.33. The van der Waals surface area contributed by atoms with E-state index in [-0.39, 0.29) is 5.91 Å². The van der Waals surface area contributed by atoms with Crippen molar-refractivity contribution >= 4 is 11.9 Å². The minimum atomic E-state index is -1.31. The lowest BCUT2D eigenvalue weighted by Gasteiger charge is -2.37. The molecule has 1 aliphatic rings. The van der Waals surface area contributed by atoms with Crippen molar-refractivity contribution in [3.05, 3.63) is 17.5 Å². The normalized spacial score (nSPS) is 16.3. The van der Waals surface area contributed by atoms with Crippen LogP contribution in [-0.2, 0) is 4.79 Å². The van der Waals surface area contributed by atoms with E-state index in [1.54, 1.807) is 4.90 Å². The monoisotopic (exact) mass is 306 g/mol. The molecule has 22 heavy (non-hydrogen) atoms. The molecule has 1 saturated heterocycles. The molecule has 0 bridgehead atoms. The molecule has 0 spiro atoms. The Balaban J connectivity index is 2.07. The summed E-state index contributed by atoms with van der Waals surface area (Å²) < 4.78 is 0. The van der Waals surface area contributed by atoms with Crippen LogP contribution in [-0.4, -0.2) is 57.7 Å². The molecule has 1 aliphatic heterocycles.